The normalized spacial score (nSPS) is 10.9. The second-order valence-corrected chi connectivity index (χ2v) is 7.47. The van der Waals surface area contributed by atoms with E-state index in [2.05, 4.69) is 34.8 Å². The number of hydrogen-bond donors (Lipinski definition) is 1. The van der Waals surface area contributed by atoms with Crippen molar-refractivity contribution in [2.45, 2.75) is 13.5 Å². The van der Waals surface area contributed by atoms with Crippen LogP contribution in [0, 0.1) is 0 Å². The van der Waals surface area contributed by atoms with Gasteiger partial charge in [-0.05, 0) is 59.2 Å². The number of hydrazone groups is 1. The third kappa shape index (κ3) is 5.35. The van der Waals surface area contributed by atoms with Gasteiger partial charge in [0.2, 0.25) is 0 Å². The van der Waals surface area contributed by atoms with E-state index in [1.54, 1.807) is 30.5 Å². The van der Waals surface area contributed by atoms with Crippen molar-refractivity contribution in [3.63, 3.8) is 0 Å². The zero-order valence-electron chi connectivity index (χ0n) is 19.2. The Labute approximate surface area is 198 Å². The Kier molecular flexibility index (Phi) is 7.40. The minimum absolute atomic E-state index is 0.353. The van der Waals surface area contributed by atoms with Crippen molar-refractivity contribution < 1.29 is 19.0 Å². The van der Waals surface area contributed by atoms with Crippen molar-refractivity contribution >= 4 is 22.9 Å². The maximum atomic E-state index is 12.4. The van der Waals surface area contributed by atoms with E-state index >= 15 is 0 Å². The number of rotatable bonds is 9. The third-order valence-corrected chi connectivity index (χ3v) is 5.26. The van der Waals surface area contributed by atoms with Crippen molar-refractivity contribution in [3.05, 3.63) is 102 Å². The predicted octanol–water partition coefficient (Wildman–Crippen LogP) is 5.59. The second-order valence-electron chi connectivity index (χ2n) is 7.47. The molecule has 1 amide bonds. The largest absolute Gasteiger partial charge is 0.496 e. The quantitative estimate of drug-likeness (QED) is 0.264. The summed E-state index contributed by atoms with van der Waals surface area (Å²) in [6.45, 7) is 2.84. The van der Waals surface area contributed by atoms with Crippen LogP contribution in [0.25, 0.3) is 10.8 Å². The monoisotopic (exact) mass is 454 g/mol. The number of ether oxygens (including phenoxy) is 3. The van der Waals surface area contributed by atoms with Crippen LogP contribution in [0.2, 0.25) is 0 Å². The maximum absolute atomic E-state index is 12.4. The number of nitrogens with one attached hydrogen (secondary N) is 1. The van der Waals surface area contributed by atoms with E-state index < -0.39 is 0 Å². The minimum atomic E-state index is -0.353. The maximum Gasteiger partial charge on any atom is 0.275 e. The molecule has 0 fully saturated rings. The Morgan fingerprint density at radius 2 is 1.68 bits per heavy atom. The third-order valence-electron chi connectivity index (χ3n) is 5.26. The number of carbonyl (C=O) groups is 1. The van der Waals surface area contributed by atoms with Crippen LogP contribution in [0.4, 0.5) is 0 Å². The van der Waals surface area contributed by atoms with Crippen LogP contribution in [0.15, 0.2) is 90.0 Å². The van der Waals surface area contributed by atoms with E-state index in [-0.39, 0.29) is 5.91 Å². The summed E-state index contributed by atoms with van der Waals surface area (Å²) in [6, 6.07) is 26.9. The van der Waals surface area contributed by atoms with Gasteiger partial charge >= 0.3 is 0 Å². The van der Waals surface area contributed by atoms with Crippen LogP contribution in [0.5, 0.6) is 17.2 Å². The average molecular weight is 455 g/mol. The van der Waals surface area contributed by atoms with Crippen LogP contribution in [0.1, 0.15) is 28.4 Å². The molecule has 6 heteroatoms. The molecule has 0 atom stereocenters. The van der Waals surface area contributed by atoms with Gasteiger partial charge < -0.3 is 14.2 Å². The molecule has 4 rings (SSSR count). The molecule has 34 heavy (non-hydrogen) atoms. The zero-order chi connectivity index (χ0) is 23.8. The Balaban J connectivity index is 1.46. The molecule has 0 radical (unpaired) electrons. The van der Waals surface area contributed by atoms with Crippen molar-refractivity contribution in [2.24, 2.45) is 5.10 Å². The number of hydrogen-bond acceptors (Lipinski definition) is 5. The minimum Gasteiger partial charge on any atom is -0.496 e. The van der Waals surface area contributed by atoms with Crippen LogP contribution < -0.4 is 19.6 Å². The summed E-state index contributed by atoms with van der Waals surface area (Å²) in [7, 11) is 1.52. The fourth-order valence-electron chi connectivity index (χ4n) is 3.62. The fraction of sp³-hybridized carbons (Fsp3) is 0.143. The standard InChI is InChI=1S/C28H26N2O4/c1-3-33-27-17-20(18-29-30-28(31)24-13-6-7-14-25(24)32-2)15-16-26(27)34-19-22-11-8-10-21-9-4-5-12-23(21)22/h4-18H,3,19H2,1-2H3,(H,30,31)/b29-18+. The summed E-state index contributed by atoms with van der Waals surface area (Å²) < 4.78 is 17.1. The fourth-order valence-corrected chi connectivity index (χ4v) is 3.62. The molecule has 0 saturated heterocycles. The van der Waals surface area contributed by atoms with E-state index in [1.165, 1.54) is 12.5 Å². The molecule has 0 aromatic heterocycles. The molecule has 0 aliphatic heterocycles. The van der Waals surface area contributed by atoms with Gasteiger partial charge in [0.15, 0.2) is 11.5 Å². The summed E-state index contributed by atoms with van der Waals surface area (Å²) in [5.41, 5.74) is 4.81. The highest BCUT2D eigenvalue weighted by Gasteiger charge is 2.11. The van der Waals surface area contributed by atoms with Gasteiger partial charge in [-0.15, -0.1) is 0 Å². The predicted molar refractivity (Wildman–Crippen MR) is 134 cm³/mol. The molecule has 0 spiro atoms. The first-order chi connectivity index (χ1) is 16.7. The molecule has 0 aliphatic rings. The zero-order valence-corrected chi connectivity index (χ0v) is 19.2. The first-order valence-electron chi connectivity index (χ1n) is 11.0. The first-order valence-corrected chi connectivity index (χ1v) is 11.0. The van der Waals surface area contributed by atoms with Gasteiger partial charge in [0.05, 0.1) is 25.5 Å². The van der Waals surface area contributed by atoms with Gasteiger partial charge in [0.1, 0.15) is 12.4 Å². The Morgan fingerprint density at radius 3 is 2.53 bits per heavy atom. The summed E-state index contributed by atoms with van der Waals surface area (Å²) in [5, 5.41) is 6.42. The molecule has 4 aromatic rings. The smallest absolute Gasteiger partial charge is 0.275 e. The summed E-state index contributed by atoms with van der Waals surface area (Å²) >= 11 is 0. The highest BCUT2D eigenvalue weighted by atomic mass is 16.5. The Morgan fingerprint density at radius 1 is 0.882 bits per heavy atom. The lowest BCUT2D eigenvalue weighted by Gasteiger charge is -2.13. The molecule has 172 valence electrons. The molecule has 0 unspecified atom stereocenters. The first kappa shape index (κ1) is 22.9. The molecule has 0 saturated carbocycles. The van der Waals surface area contributed by atoms with Gasteiger partial charge in [0.25, 0.3) is 5.91 Å². The highest BCUT2D eigenvalue weighted by molar-refractivity contribution is 5.97. The highest BCUT2D eigenvalue weighted by Crippen LogP contribution is 2.30. The van der Waals surface area contributed by atoms with Gasteiger partial charge in [-0.1, -0.05) is 54.6 Å². The SMILES string of the molecule is CCOc1cc(/C=N/NC(=O)c2ccccc2OC)ccc1OCc1cccc2ccccc12. The average Bonchev–Trinajstić information content (AvgIpc) is 2.88. The molecule has 0 aliphatic carbocycles. The lowest BCUT2D eigenvalue weighted by atomic mass is 10.1. The Hall–Kier alpha value is -4.32. The topological polar surface area (TPSA) is 69.2 Å². The molecule has 4 aromatic carbocycles. The number of amides is 1. The molecule has 6 nitrogen and oxygen atoms in total. The molecule has 0 heterocycles. The number of nitrogens with zero attached hydrogens (tertiary/aromatic N) is 1. The second kappa shape index (κ2) is 11.0. The van der Waals surface area contributed by atoms with Crippen molar-refractivity contribution in [1.82, 2.24) is 5.43 Å². The van der Waals surface area contributed by atoms with Crippen LogP contribution in [-0.4, -0.2) is 25.8 Å². The summed E-state index contributed by atoms with van der Waals surface area (Å²) in [6.07, 6.45) is 1.56. The Bertz CT molecular complexity index is 1310. The van der Waals surface area contributed by atoms with Crippen molar-refractivity contribution in [3.8, 4) is 17.2 Å². The number of para-hydroxylation sites is 1. The summed E-state index contributed by atoms with van der Waals surface area (Å²) in [5.74, 6) is 1.39. The molecular formula is C28H26N2O4. The number of carbonyl (C=O) groups excluding carboxylic acids is 1. The van der Waals surface area contributed by atoms with Gasteiger partial charge in [-0.3, -0.25) is 4.79 Å². The van der Waals surface area contributed by atoms with Gasteiger partial charge in [-0.25, -0.2) is 5.43 Å². The number of fused-ring (bicyclic) bond motifs is 1. The van der Waals surface area contributed by atoms with Gasteiger partial charge in [-0.2, -0.15) is 5.10 Å². The van der Waals surface area contributed by atoms with Crippen molar-refractivity contribution in [1.29, 1.82) is 0 Å². The van der Waals surface area contributed by atoms with E-state index in [4.69, 9.17) is 14.2 Å². The lowest BCUT2D eigenvalue weighted by Crippen LogP contribution is -2.18. The van der Waals surface area contributed by atoms with Crippen LogP contribution >= 0.6 is 0 Å². The molecule has 0 bridgehead atoms. The van der Waals surface area contributed by atoms with Gasteiger partial charge in [0, 0.05) is 0 Å². The number of benzene rings is 4. The van der Waals surface area contributed by atoms with Crippen molar-refractivity contribution in [2.75, 3.05) is 13.7 Å². The van der Waals surface area contributed by atoms with E-state index in [0.29, 0.717) is 36.0 Å². The van der Waals surface area contributed by atoms with Crippen LogP contribution in [-0.2, 0) is 6.61 Å². The van der Waals surface area contributed by atoms with E-state index in [0.717, 1.165) is 16.5 Å². The lowest BCUT2D eigenvalue weighted by molar-refractivity contribution is 0.0952. The number of methoxy groups -OCH3 is 1. The molecular weight excluding hydrogens is 428 g/mol. The van der Waals surface area contributed by atoms with E-state index in [9.17, 15) is 4.79 Å². The van der Waals surface area contributed by atoms with E-state index in [1.807, 2.05) is 43.3 Å². The summed E-state index contributed by atoms with van der Waals surface area (Å²) in [4.78, 5) is 12.4. The van der Waals surface area contributed by atoms with Crippen LogP contribution in [0.3, 0.4) is 0 Å². The molecule has 1 N–H and O–H groups in total.